The molecule has 0 aromatic rings. The van der Waals surface area contributed by atoms with Crippen LogP contribution in [0, 0.1) is 46.3 Å². The topological polar surface area (TPSA) is 72.3 Å². The van der Waals surface area contributed by atoms with Gasteiger partial charge in [0, 0.05) is 18.7 Å². The van der Waals surface area contributed by atoms with Crippen LogP contribution < -0.4 is 11.5 Å². The van der Waals surface area contributed by atoms with Gasteiger partial charge in [-0.3, -0.25) is 0 Å². The van der Waals surface area contributed by atoms with Gasteiger partial charge in [-0.15, -0.1) is 24.8 Å². The SMILES string of the molecule is C[C@H](CO)[C@H]1CC[C@H]2[C@@H]3[C@H](N)C[C@H]4C[C@@H](N)CC[C@]4(C)[C@H]3CC[C@]12C.Cl.Cl. The van der Waals surface area contributed by atoms with Gasteiger partial charge in [0.05, 0.1) is 0 Å². The van der Waals surface area contributed by atoms with E-state index in [1.165, 1.54) is 51.4 Å². The molecule has 160 valence electrons. The molecule has 0 radical (unpaired) electrons. The van der Waals surface area contributed by atoms with E-state index in [0.717, 1.165) is 17.8 Å². The fourth-order valence-electron chi connectivity index (χ4n) is 8.46. The van der Waals surface area contributed by atoms with Gasteiger partial charge in [0.1, 0.15) is 0 Å². The van der Waals surface area contributed by atoms with Gasteiger partial charge in [-0.1, -0.05) is 20.8 Å². The monoisotopic (exact) mass is 420 g/mol. The number of fused-ring (bicyclic) bond motifs is 5. The number of rotatable bonds is 2. The van der Waals surface area contributed by atoms with Gasteiger partial charge in [-0.25, -0.2) is 0 Å². The predicted molar refractivity (Wildman–Crippen MR) is 117 cm³/mol. The van der Waals surface area contributed by atoms with Crippen LogP contribution in [0.15, 0.2) is 0 Å². The van der Waals surface area contributed by atoms with E-state index in [1.807, 2.05) is 0 Å². The number of aliphatic hydroxyl groups is 1. The van der Waals surface area contributed by atoms with E-state index in [1.54, 1.807) is 0 Å². The Morgan fingerprint density at radius 1 is 0.926 bits per heavy atom. The van der Waals surface area contributed by atoms with Gasteiger partial charge in [-0.05, 0) is 97.7 Å². The van der Waals surface area contributed by atoms with Crippen molar-refractivity contribution in [2.24, 2.45) is 57.8 Å². The molecule has 3 nitrogen and oxygen atoms in total. The number of hydrogen-bond acceptors (Lipinski definition) is 3. The van der Waals surface area contributed by atoms with Crippen LogP contribution in [-0.4, -0.2) is 23.8 Å². The summed E-state index contributed by atoms with van der Waals surface area (Å²) in [4.78, 5) is 0. The molecule has 0 saturated heterocycles. The Kier molecular flexibility index (Phi) is 7.30. The Morgan fingerprint density at radius 2 is 1.56 bits per heavy atom. The van der Waals surface area contributed by atoms with E-state index in [9.17, 15) is 5.11 Å². The van der Waals surface area contributed by atoms with Gasteiger partial charge in [-0.2, -0.15) is 0 Å². The molecule has 0 aromatic carbocycles. The zero-order valence-corrected chi connectivity index (χ0v) is 19.0. The average molecular weight is 421 g/mol. The van der Waals surface area contributed by atoms with Crippen LogP contribution in [0.3, 0.4) is 0 Å². The van der Waals surface area contributed by atoms with Crippen LogP contribution in [0.25, 0.3) is 0 Å². The lowest BCUT2D eigenvalue weighted by molar-refractivity contribution is -0.125. The van der Waals surface area contributed by atoms with Crippen molar-refractivity contribution in [3.05, 3.63) is 0 Å². The Morgan fingerprint density at radius 3 is 2.22 bits per heavy atom. The van der Waals surface area contributed by atoms with Crippen molar-refractivity contribution in [1.29, 1.82) is 0 Å². The molecule has 0 aliphatic heterocycles. The standard InChI is InChI=1S/C22H40N2O.2ClH/c1-13(12-25)16-4-5-17-20-18(7-9-22(16,17)3)21(2)8-6-15(23)10-14(21)11-19(20)24;;/h13-20,25H,4-12,23-24H2,1-3H3;2*1H/t13-,14-,15+,16-,17+,18+,19-,20+,21+,22-;;/m1../s1. The highest BCUT2D eigenvalue weighted by atomic mass is 35.5. The summed E-state index contributed by atoms with van der Waals surface area (Å²) in [5.41, 5.74) is 14.1. The van der Waals surface area contributed by atoms with Crippen molar-refractivity contribution in [3.8, 4) is 0 Å². The highest BCUT2D eigenvalue weighted by Gasteiger charge is 2.62. The van der Waals surface area contributed by atoms with E-state index in [-0.39, 0.29) is 24.8 Å². The fraction of sp³-hybridized carbons (Fsp3) is 1.00. The highest BCUT2D eigenvalue weighted by molar-refractivity contribution is 5.85. The fourth-order valence-corrected chi connectivity index (χ4v) is 8.46. The maximum Gasteiger partial charge on any atom is 0.0459 e. The summed E-state index contributed by atoms with van der Waals surface area (Å²) in [5, 5.41) is 9.77. The maximum absolute atomic E-state index is 9.77. The molecule has 5 N–H and O–H groups in total. The minimum absolute atomic E-state index is 0. The first kappa shape index (κ1) is 23.7. The van der Waals surface area contributed by atoms with Crippen molar-refractivity contribution in [2.75, 3.05) is 6.61 Å². The van der Waals surface area contributed by atoms with E-state index >= 15 is 0 Å². The molecule has 4 rings (SSSR count). The van der Waals surface area contributed by atoms with E-state index < -0.39 is 0 Å². The average Bonchev–Trinajstić information content (AvgIpc) is 2.93. The van der Waals surface area contributed by atoms with E-state index in [0.29, 0.717) is 47.3 Å². The Balaban J connectivity index is 0.00000131. The number of aliphatic hydroxyl groups excluding tert-OH is 1. The molecule has 5 heteroatoms. The molecule has 4 fully saturated rings. The van der Waals surface area contributed by atoms with E-state index in [4.69, 9.17) is 11.5 Å². The molecular formula is C22H42Cl2N2O. The van der Waals surface area contributed by atoms with Crippen LogP contribution in [0.4, 0.5) is 0 Å². The summed E-state index contributed by atoms with van der Waals surface area (Å²) in [6.45, 7) is 7.71. The Hall–Kier alpha value is 0.460. The molecule has 0 amide bonds. The normalized spacial score (nSPS) is 52.4. The maximum atomic E-state index is 9.77. The quantitative estimate of drug-likeness (QED) is 0.620. The third kappa shape index (κ3) is 3.48. The Bertz CT molecular complexity index is 521. The van der Waals surface area contributed by atoms with Gasteiger partial charge >= 0.3 is 0 Å². The van der Waals surface area contributed by atoms with Crippen molar-refractivity contribution < 1.29 is 5.11 Å². The number of nitrogens with two attached hydrogens (primary N) is 2. The highest BCUT2D eigenvalue weighted by Crippen LogP contribution is 2.67. The van der Waals surface area contributed by atoms with Gasteiger partial charge in [0.15, 0.2) is 0 Å². The van der Waals surface area contributed by atoms with Crippen LogP contribution in [0.1, 0.15) is 72.1 Å². The molecular weight excluding hydrogens is 379 g/mol. The lowest BCUT2D eigenvalue weighted by atomic mass is 9.43. The minimum atomic E-state index is 0. The van der Waals surface area contributed by atoms with Crippen molar-refractivity contribution in [2.45, 2.75) is 84.2 Å². The first-order valence-electron chi connectivity index (χ1n) is 10.9. The van der Waals surface area contributed by atoms with Crippen LogP contribution in [0.5, 0.6) is 0 Å². The first-order chi connectivity index (χ1) is 11.8. The summed E-state index contributed by atoms with van der Waals surface area (Å²) in [6, 6.07) is 0.762. The van der Waals surface area contributed by atoms with Crippen molar-refractivity contribution >= 4 is 24.8 Å². The third-order valence-corrected chi connectivity index (χ3v) is 9.85. The summed E-state index contributed by atoms with van der Waals surface area (Å²) < 4.78 is 0. The smallest absolute Gasteiger partial charge is 0.0459 e. The third-order valence-electron chi connectivity index (χ3n) is 9.85. The molecule has 0 unspecified atom stereocenters. The lowest BCUT2D eigenvalue weighted by Crippen LogP contribution is -2.61. The van der Waals surface area contributed by atoms with E-state index in [2.05, 4.69) is 20.8 Å². The first-order valence-corrected chi connectivity index (χ1v) is 10.9. The molecule has 10 atom stereocenters. The largest absolute Gasteiger partial charge is 0.396 e. The molecule has 27 heavy (non-hydrogen) atoms. The molecule has 4 saturated carbocycles. The summed E-state index contributed by atoms with van der Waals surface area (Å²) in [7, 11) is 0. The zero-order chi connectivity index (χ0) is 18.0. The molecule has 0 bridgehead atoms. The van der Waals surface area contributed by atoms with Crippen molar-refractivity contribution in [3.63, 3.8) is 0 Å². The molecule has 4 aliphatic rings. The minimum Gasteiger partial charge on any atom is -0.396 e. The predicted octanol–water partition coefficient (Wildman–Crippen LogP) is 4.38. The Labute approximate surface area is 178 Å². The number of hydrogen-bond donors (Lipinski definition) is 3. The van der Waals surface area contributed by atoms with Gasteiger partial charge in [0.25, 0.3) is 0 Å². The number of halogens is 2. The summed E-state index contributed by atoms with van der Waals surface area (Å²) in [5.74, 6) is 4.13. The van der Waals surface area contributed by atoms with Gasteiger partial charge < -0.3 is 16.6 Å². The zero-order valence-electron chi connectivity index (χ0n) is 17.4. The molecule has 0 aromatic heterocycles. The summed E-state index contributed by atoms with van der Waals surface area (Å²) in [6.07, 6.45) is 10.2. The van der Waals surface area contributed by atoms with Crippen LogP contribution >= 0.6 is 24.8 Å². The van der Waals surface area contributed by atoms with Gasteiger partial charge in [0.2, 0.25) is 0 Å². The lowest BCUT2D eigenvalue weighted by Gasteiger charge is -2.63. The second kappa shape index (κ2) is 8.30. The van der Waals surface area contributed by atoms with Crippen LogP contribution in [0.2, 0.25) is 0 Å². The summed E-state index contributed by atoms with van der Waals surface area (Å²) >= 11 is 0. The molecule has 0 spiro atoms. The second-order valence-electron chi connectivity index (χ2n) is 10.8. The van der Waals surface area contributed by atoms with Crippen LogP contribution in [-0.2, 0) is 0 Å². The molecule has 0 heterocycles. The van der Waals surface area contributed by atoms with Crippen molar-refractivity contribution in [1.82, 2.24) is 0 Å². The second-order valence-corrected chi connectivity index (χ2v) is 10.8. The molecule has 4 aliphatic carbocycles.